The maximum absolute atomic E-state index is 12.7. The second-order valence-corrected chi connectivity index (χ2v) is 9.15. The van der Waals surface area contributed by atoms with Crippen molar-refractivity contribution in [3.63, 3.8) is 0 Å². The van der Waals surface area contributed by atoms with Gasteiger partial charge in [0.1, 0.15) is 5.69 Å². The van der Waals surface area contributed by atoms with Gasteiger partial charge in [0.15, 0.2) is 0 Å². The Morgan fingerprint density at radius 1 is 1.18 bits per heavy atom. The lowest BCUT2D eigenvalue weighted by atomic mass is 10.1. The molecule has 0 aliphatic carbocycles. The Balaban J connectivity index is 1.68. The van der Waals surface area contributed by atoms with Gasteiger partial charge < -0.3 is 9.88 Å². The van der Waals surface area contributed by atoms with E-state index < -0.39 is 16.1 Å². The molecule has 1 fully saturated rings. The molecule has 1 saturated heterocycles. The van der Waals surface area contributed by atoms with Gasteiger partial charge >= 0.3 is 10.2 Å². The molecule has 8 nitrogen and oxygen atoms in total. The van der Waals surface area contributed by atoms with Gasteiger partial charge in [-0.15, -0.1) is 0 Å². The number of hydrogen-bond acceptors (Lipinski definition) is 4. The maximum Gasteiger partial charge on any atom is 0.303 e. The molecule has 1 aromatic heterocycles. The highest BCUT2D eigenvalue weighted by Crippen LogP contribution is 2.32. The molecule has 1 aliphatic heterocycles. The summed E-state index contributed by atoms with van der Waals surface area (Å²) in [4.78, 5) is 23.8. The number of carbonyl (C=O) groups is 2. The van der Waals surface area contributed by atoms with Crippen LogP contribution in [0, 0.1) is 0 Å². The van der Waals surface area contributed by atoms with Crippen LogP contribution in [0.15, 0.2) is 18.2 Å². The molecule has 0 radical (unpaired) electrons. The molecular weight excluding hydrogens is 427 g/mol. The number of carbonyl (C=O) groups excluding carboxylic acids is 2. The largest absolute Gasteiger partial charge is 0.348 e. The van der Waals surface area contributed by atoms with Crippen LogP contribution in [0.4, 0.5) is 0 Å². The Labute approximate surface area is 172 Å². The van der Waals surface area contributed by atoms with Crippen LogP contribution in [0.2, 0.25) is 10.0 Å². The minimum atomic E-state index is -3.83. The molecule has 3 rings (SSSR count). The Kier molecular flexibility index (Phi) is 5.90. The highest BCUT2D eigenvalue weighted by molar-refractivity contribution is 7.87. The zero-order chi connectivity index (χ0) is 20.6. The first-order valence-corrected chi connectivity index (χ1v) is 10.8. The molecule has 28 heavy (non-hydrogen) atoms. The molecule has 1 aromatic carbocycles. The number of aryl methyl sites for hydroxylation is 1. The van der Waals surface area contributed by atoms with Crippen molar-refractivity contribution in [2.45, 2.75) is 25.8 Å². The van der Waals surface area contributed by atoms with Gasteiger partial charge in [0.2, 0.25) is 5.91 Å². The van der Waals surface area contributed by atoms with Gasteiger partial charge in [-0.1, -0.05) is 23.2 Å². The van der Waals surface area contributed by atoms with E-state index >= 15 is 0 Å². The number of nitrogens with zero attached hydrogens (tertiary/aromatic N) is 2. The molecule has 2 N–H and O–H groups in total. The fraction of sp³-hybridized carbons (Fsp3) is 0.412. The molecule has 0 bridgehead atoms. The summed E-state index contributed by atoms with van der Waals surface area (Å²) in [6.07, 6.45) is 0.891. The lowest BCUT2D eigenvalue weighted by Crippen LogP contribution is -2.50. The van der Waals surface area contributed by atoms with Crippen molar-refractivity contribution in [2.24, 2.45) is 7.05 Å². The van der Waals surface area contributed by atoms with Gasteiger partial charge in [0.25, 0.3) is 5.91 Å². The van der Waals surface area contributed by atoms with Crippen molar-refractivity contribution < 1.29 is 18.0 Å². The molecular formula is C17H20Cl2N4O4S. The first-order chi connectivity index (χ1) is 13.1. The summed E-state index contributed by atoms with van der Waals surface area (Å²) in [5.41, 5.74) is 1.23. The van der Waals surface area contributed by atoms with Crippen molar-refractivity contribution in [1.82, 2.24) is 18.9 Å². The van der Waals surface area contributed by atoms with Gasteiger partial charge in [0, 0.05) is 44.0 Å². The molecule has 0 unspecified atom stereocenters. The van der Waals surface area contributed by atoms with Gasteiger partial charge in [-0.3, -0.25) is 9.59 Å². The summed E-state index contributed by atoms with van der Waals surface area (Å²) in [5.74, 6) is -0.904. The van der Waals surface area contributed by atoms with E-state index in [4.69, 9.17) is 23.2 Å². The Hall–Kier alpha value is -1.81. The van der Waals surface area contributed by atoms with Crippen LogP contribution in [0.3, 0.4) is 0 Å². The average Bonchev–Trinajstić information content (AvgIpc) is 2.95. The SMILES string of the molecule is CC(=O)NS(=O)(=O)N1CCC(NC(=O)c2cc3c(Cl)c(Cl)ccc3n2C)CC1. The van der Waals surface area contributed by atoms with E-state index in [1.54, 1.807) is 29.8 Å². The zero-order valence-corrected chi connectivity index (χ0v) is 17.7. The topological polar surface area (TPSA) is 101 Å². The number of benzene rings is 1. The van der Waals surface area contributed by atoms with Crippen LogP contribution in [0.5, 0.6) is 0 Å². The summed E-state index contributed by atoms with van der Waals surface area (Å²) >= 11 is 12.3. The first-order valence-electron chi connectivity index (χ1n) is 8.63. The van der Waals surface area contributed by atoms with Crippen LogP contribution in [0.25, 0.3) is 10.9 Å². The second kappa shape index (κ2) is 7.90. The Morgan fingerprint density at radius 2 is 1.82 bits per heavy atom. The van der Waals surface area contributed by atoms with E-state index in [2.05, 4.69) is 5.32 Å². The van der Waals surface area contributed by atoms with E-state index in [1.807, 2.05) is 4.72 Å². The van der Waals surface area contributed by atoms with Crippen LogP contribution in [0.1, 0.15) is 30.3 Å². The highest BCUT2D eigenvalue weighted by Gasteiger charge is 2.29. The van der Waals surface area contributed by atoms with Gasteiger partial charge in [0.05, 0.1) is 10.0 Å². The lowest BCUT2D eigenvalue weighted by molar-refractivity contribution is -0.117. The van der Waals surface area contributed by atoms with Gasteiger partial charge in [-0.25, -0.2) is 4.72 Å². The normalized spacial score (nSPS) is 16.3. The van der Waals surface area contributed by atoms with Gasteiger partial charge in [-0.2, -0.15) is 12.7 Å². The van der Waals surface area contributed by atoms with Crippen LogP contribution in [-0.4, -0.2) is 48.2 Å². The van der Waals surface area contributed by atoms with Crippen molar-refractivity contribution in [3.8, 4) is 0 Å². The summed E-state index contributed by atoms with van der Waals surface area (Å²) in [6, 6.07) is 4.99. The van der Waals surface area contributed by atoms with Crippen molar-refractivity contribution in [1.29, 1.82) is 0 Å². The van der Waals surface area contributed by atoms with Crippen molar-refractivity contribution in [2.75, 3.05) is 13.1 Å². The predicted molar refractivity (Wildman–Crippen MR) is 108 cm³/mol. The summed E-state index contributed by atoms with van der Waals surface area (Å²) in [5, 5.41) is 4.44. The standard InChI is InChI=1S/C17H20Cl2N4O4S/c1-10(24)21-28(26,27)23-7-5-11(6-8-23)20-17(25)15-9-12-14(22(15)2)4-3-13(18)16(12)19/h3-4,9,11H,5-8H2,1-2H3,(H,20,25)(H,21,24). The molecule has 0 spiro atoms. The third-order valence-electron chi connectivity index (χ3n) is 4.75. The van der Waals surface area contributed by atoms with E-state index in [0.717, 1.165) is 12.4 Å². The van der Waals surface area contributed by atoms with E-state index in [9.17, 15) is 18.0 Å². The second-order valence-electron chi connectivity index (χ2n) is 6.69. The minimum absolute atomic E-state index is 0.173. The molecule has 0 saturated carbocycles. The quantitative estimate of drug-likeness (QED) is 0.750. The number of nitrogens with one attached hydrogen (secondary N) is 2. The maximum atomic E-state index is 12.7. The number of amides is 2. The smallest absolute Gasteiger partial charge is 0.303 e. The van der Waals surface area contributed by atoms with Crippen LogP contribution in [-0.2, 0) is 22.1 Å². The summed E-state index contributed by atoms with van der Waals surface area (Å²) < 4.78 is 29.0. The molecule has 1 aliphatic rings. The van der Waals surface area contributed by atoms with Crippen molar-refractivity contribution >= 4 is 56.1 Å². The third-order valence-corrected chi connectivity index (χ3v) is 7.16. The number of aromatic nitrogens is 1. The van der Waals surface area contributed by atoms with Crippen LogP contribution < -0.4 is 10.0 Å². The number of hydrogen-bond donors (Lipinski definition) is 2. The lowest BCUT2D eigenvalue weighted by Gasteiger charge is -2.31. The Morgan fingerprint density at radius 3 is 2.43 bits per heavy atom. The van der Waals surface area contributed by atoms with Gasteiger partial charge in [-0.05, 0) is 31.0 Å². The van der Waals surface area contributed by atoms with Crippen LogP contribution >= 0.6 is 23.2 Å². The fourth-order valence-electron chi connectivity index (χ4n) is 3.31. The predicted octanol–water partition coefficient (Wildman–Crippen LogP) is 2.06. The number of rotatable bonds is 4. The molecule has 11 heteroatoms. The fourth-order valence-corrected chi connectivity index (χ4v) is 4.88. The third kappa shape index (κ3) is 4.12. The molecule has 152 valence electrons. The molecule has 2 heterocycles. The van der Waals surface area contributed by atoms with E-state index in [-0.39, 0.29) is 25.0 Å². The average molecular weight is 447 g/mol. The Bertz CT molecular complexity index is 1040. The first kappa shape index (κ1) is 20.9. The summed E-state index contributed by atoms with van der Waals surface area (Å²) in [7, 11) is -2.06. The molecule has 0 atom stereocenters. The number of piperidine rings is 1. The van der Waals surface area contributed by atoms with Crippen molar-refractivity contribution in [3.05, 3.63) is 33.9 Å². The zero-order valence-electron chi connectivity index (χ0n) is 15.3. The van der Waals surface area contributed by atoms with E-state index in [1.165, 1.54) is 4.31 Å². The number of fused-ring (bicyclic) bond motifs is 1. The highest BCUT2D eigenvalue weighted by atomic mass is 35.5. The number of halogens is 2. The molecule has 2 amide bonds. The molecule has 2 aromatic rings. The minimum Gasteiger partial charge on any atom is -0.348 e. The summed E-state index contributed by atoms with van der Waals surface area (Å²) in [6.45, 7) is 1.57. The monoisotopic (exact) mass is 446 g/mol. The van der Waals surface area contributed by atoms with E-state index in [0.29, 0.717) is 34.0 Å².